The van der Waals surface area contributed by atoms with Crippen molar-refractivity contribution in [2.75, 3.05) is 5.32 Å². The minimum atomic E-state index is -0.643. The predicted octanol–water partition coefficient (Wildman–Crippen LogP) is 0.357. The number of benzene rings is 1. The molecular formula is C13H12N6O2. The molecule has 1 aromatic carbocycles. The Labute approximate surface area is 118 Å². The summed E-state index contributed by atoms with van der Waals surface area (Å²) in [7, 11) is 0. The molecule has 8 nitrogen and oxygen atoms in total. The van der Waals surface area contributed by atoms with Gasteiger partial charge in [-0.15, -0.1) is 0 Å². The van der Waals surface area contributed by atoms with E-state index in [1.54, 1.807) is 6.07 Å². The monoisotopic (exact) mass is 284 g/mol. The number of carbonyl (C=O) groups excluding carboxylic acids is 1. The van der Waals surface area contributed by atoms with E-state index in [-0.39, 0.29) is 11.4 Å². The summed E-state index contributed by atoms with van der Waals surface area (Å²) in [6.07, 6.45) is 2.88. The van der Waals surface area contributed by atoms with Gasteiger partial charge in [-0.3, -0.25) is 4.79 Å². The van der Waals surface area contributed by atoms with E-state index < -0.39 is 5.91 Å². The molecule has 0 atom stereocenters. The second-order valence-electron chi connectivity index (χ2n) is 4.43. The first kappa shape index (κ1) is 12.9. The predicted molar refractivity (Wildman–Crippen MR) is 76.8 cm³/mol. The zero-order chi connectivity index (χ0) is 14.8. The molecule has 0 aliphatic rings. The van der Waals surface area contributed by atoms with Crippen molar-refractivity contribution in [3.63, 3.8) is 0 Å². The Morgan fingerprint density at radius 1 is 1.19 bits per heavy atom. The maximum atomic E-state index is 11.2. The number of hydrogen-bond donors (Lipinski definition) is 4. The van der Waals surface area contributed by atoms with Gasteiger partial charge in [-0.2, -0.15) is 0 Å². The number of nitrogens with zero attached hydrogens (tertiary/aromatic N) is 2. The first-order chi connectivity index (χ1) is 10.1. The summed E-state index contributed by atoms with van der Waals surface area (Å²) in [6.45, 7) is 0.419. The van der Waals surface area contributed by atoms with Crippen molar-refractivity contribution in [2.45, 2.75) is 6.54 Å². The van der Waals surface area contributed by atoms with Gasteiger partial charge in [-0.25, -0.2) is 14.8 Å². The fourth-order valence-electron chi connectivity index (χ4n) is 2.02. The van der Waals surface area contributed by atoms with Crippen LogP contribution in [-0.4, -0.2) is 25.8 Å². The van der Waals surface area contributed by atoms with Gasteiger partial charge in [0, 0.05) is 18.9 Å². The number of hydrogen-bond acceptors (Lipinski definition) is 5. The van der Waals surface area contributed by atoms with Crippen LogP contribution in [0, 0.1) is 0 Å². The van der Waals surface area contributed by atoms with Gasteiger partial charge in [0.2, 0.25) is 0 Å². The number of imidazole rings is 1. The number of aromatic amines is 2. The molecule has 0 saturated heterocycles. The molecule has 0 unspecified atom stereocenters. The van der Waals surface area contributed by atoms with Crippen LogP contribution in [0.25, 0.3) is 11.0 Å². The van der Waals surface area contributed by atoms with Crippen LogP contribution >= 0.6 is 0 Å². The average Bonchev–Trinajstić information content (AvgIpc) is 2.84. The Bertz CT molecular complexity index is 866. The minimum absolute atomic E-state index is 0.0913. The van der Waals surface area contributed by atoms with Crippen LogP contribution in [0.1, 0.15) is 16.1 Å². The molecule has 0 spiro atoms. The molecule has 3 rings (SSSR count). The molecule has 0 radical (unpaired) electrons. The van der Waals surface area contributed by atoms with Crippen molar-refractivity contribution in [3.8, 4) is 0 Å². The van der Waals surface area contributed by atoms with Crippen LogP contribution < -0.4 is 16.7 Å². The third kappa shape index (κ3) is 2.59. The zero-order valence-corrected chi connectivity index (χ0v) is 10.9. The lowest BCUT2D eigenvalue weighted by atomic mass is 10.2. The average molecular weight is 284 g/mol. The Balaban J connectivity index is 1.83. The second-order valence-corrected chi connectivity index (χ2v) is 4.43. The standard InChI is InChI=1S/C13H12N6O2/c14-11(20)10-12(16-4-3-15-10)17-6-7-1-2-8-9(5-7)19-13(21)18-8/h1-5H,6H2,(H2,14,20)(H,16,17)(H2,18,19,21). The van der Waals surface area contributed by atoms with Crippen LogP contribution in [0.15, 0.2) is 35.4 Å². The van der Waals surface area contributed by atoms with E-state index >= 15 is 0 Å². The van der Waals surface area contributed by atoms with Gasteiger partial charge in [0.1, 0.15) is 0 Å². The van der Waals surface area contributed by atoms with E-state index in [0.717, 1.165) is 11.1 Å². The molecule has 0 bridgehead atoms. The highest BCUT2D eigenvalue weighted by Gasteiger charge is 2.10. The number of primary amides is 1. The topological polar surface area (TPSA) is 130 Å². The first-order valence-corrected chi connectivity index (χ1v) is 6.19. The van der Waals surface area contributed by atoms with Crippen LogP contribution in [0.5, 0.6) is 0 Å². The summed E-state index contributed by atoms with van der Waals surface area (Å²) in [4.78, 5) is 35.7. The maximum absolute atomic E-state index is 11.2. The summed E-state index contributed by atoms with van der Waals surface area (Å²) >= 11 is 0. The van der Waals surface area contributed by atoms with Crippen LogP contribution in [0.4, 0.5) is 5.82 Å². The van der Waals surface area contributed by atoms with Gasteiger partial charge in [0.05, 0.1) is 11.0 Å². The molecule has 2 aromatic heterocycles. The number of amides is 1. The molecule has 0 aliphatic carbocycles. The molecule has 2 heterocycles. The summed E-state index contributed by atoms with van der Waals surface area (Å²) in [6, 6.07) is 5.50. The molecule has 0 fully saturated rings. The van der Waals surface area contributed by atoms with E-state index in [4.69, 9.17) is 5.73 Å². The normalized spacial score (nSPS) is 10.7. The largest absolute Gasteiger partial charge is 0.364 e. The molecule has 8 heteroatoms. The molecule has 5 N–H and O–H groups in total. The van der Waals surface area contributed by atoms with E-state index in [0.29, 0.717) is 17.9 Å². The van der Waals surface area contributed by atoms with Crippen molar-refractivity contribution in [2.24, 2.45) is 5.73 Å². The lowest BCUT2D eigenvalue weighted by Gasteiger charge is -2.08. The Hall–Kier alpha value is -3.16. The number of nitrogens with two attached hydrogens (primary N) is 1. The smallest absolute Gasteiger partial charge is 0.323 e. The van der Waals surface area contributed by atoms with Crippen molar-refractivity contribution >= 4 is 22.8 Å². The van der Waals surface area contributed by atoms with E-state index in [2.05, 4.69) is 25.3 Å². The molecule has 21 heavy (non-hydrogen) atoms. The lowest BCUT2D eigenvalue weighted by Crippen LogP contribution is -2.17. The van der Waals surface area contributed by atoms with Crippen LogP contribution in [0.2, 0.25) is 0 Å². The van der Waals surface area contributed by atoms with E-state index in [1.807, 2.05) is 12.1 Å². The number of fused-ring (bicyclic) bond motifs is 1. The fourth-order valence-corrected chi connectivity index (χ4v) is 2.02. The molecule has 1 amide bonds. The quantitative estimate of drug-likeness (QED) is 0.549. The summed E-state index contributed by atoms with van der Waals surface area (Å²) in [5.41, 5.74) is 7.45. The van der Waals surface area contributed by atoms with Gasteiger partial charge in [0.15, 0.2) is 11.5 Å². The highest BCUT2D eigenvalue weighted by molar-refractivity contribution is 5.95. The highest BCUT2D eigenvalue weighted by Crippen LogP contribution is 2.13. The molecule has 106 valence electrons. The lowest BCUT2D eigenvalue weighted by molar-refractivity contribution is 0.0996. The number of aromatic nitrogens is 4. The SMILES string of the molecule is NC(=O)c1nccnc1NCc1ccc2[nH]c(=O)[nH]c2c1. The van der Waals surface area contributed by atoms with Crippen LogP contribution in [-0.2, 0) is 6.54 Å². The van der Waals surface area contributed by atoms with Gasteiger partial charge < -0.3 is 21.0 Å². The molecule has 0 aliphatic heterocycles. The fraction of sp³-hybridized carbons (Fsp3) is 0.0769. The van der Waals surface area contributed by atoms with Crippen LogP contribution in [0.3, 0.4) is 0 Å². The van der Waals surface area contributed by atoms with Crippen molar-refractivity contribution < 1.29 is 4.79 Å². The van der Waals surface area contributed by atoms with Gasteiger partial charge >= 0.3 is 5.69 Å². The number of H-pyrrole nitrogens is 2. The Morgan fingerprint density at radius 3 is 2.76 bits per heavy atom. The number of carbonyl (C=O) groups is 1. The van der Waals surface area contributed by atoms with Crippen molar-refractivity contribution in [1.82, 2.24) is 19.9 Å². The highest BCUT2D eigenvalue weighted by atomic mass is 16.1. The summed E-state index contributed by atoms with van der Waals surface area (Å²) in [5.74, 6) is -0.316. The number of nitrogens with one attached hydrogen (secondary N) is 3. The summed E-state index contributed by atoms with van der Waals surface area (Å²) < 4.78 is 0. The van der Waals surface area contributed by atoms with E-state index in [1.165, 1.54) is 12.4 Å². The summed E-state index contributed by atoms with van der Waals surface area (Å²) in [5, 5.41) is 3.01. The third-order valence-electron chi connectivity index (χ3n) is 2.97. The molecule has 0 saturated carbocycles. The Morgan fingerprint density at radius 2 is 1.95 bits per heavy atom. The number of anilines is 1. The number of rotatable bonds is 4. The van der Waals surface area contributed by atoms with Gasteiger partial charge in [0.25, 0.3) is 5.91 Å². The first-order valence-electron chi connectivity index (χ1n) is 6.19. The van der Waals surface area contributed by atoms with E-state index in [9.17, 15) is 9.59 Å². The van der Waals surface area contributed by atoms with Crippen molar-refractivity contribution in [3.05, 3.63) is 52.3 Å². The van der Waals surface area contributed by atoms with Gasteiger partial charge in [-0.05, 0) is 17.7 Å². The maximum Gasteiger partial charge on any atom is 0.323 e. The van der Waals surface area contributed by atoms with Gasteiger partial charge in [-0.1, -0.05) is 6.07 Å². The molecule has 3 aromatic rings. The van der Waals surface area contributed by atoms with Crippen molar-refractivity contribution in [1.29, 1.82) is 0 Å². The Kier molecular flexibility index (Phi) is 3.11. The second kappa shape index (κ2) is 5.08. The molecular weight excluding hydrogens is 272 g/mol. The minimum Gasteiger partial charge on any atom is -0.364 e. The zero-order valence-electron chi connectivity index (χ0n) is 10.9. The third-order valence-corrected chi connectivity index (χ3v) is 2.97.